The number of nitrogens with one attached hydrogen (secondary N) is 1. The molecule has 0 saturated carbocycles. The number of hydrogen-bond donors (Lipinski definition) is 2. The molecule has 7 heteroatoms. The first-order chi connectivity index (χ1) is 10.0. The Morgan fingerprint density at radius 1 is 1.29 bits per heavy atom. The highest BCUT2D eigenvalue weighted by Gasteiger charge is 2.15. The van der Waals surface area contributed by atoms with Crippen molar-refractivity contribution in [3.8, 4) is 5.75 Å². The quantitative estimate of drug-likeness (QED) is 0.848. The molecule has 21 heavy (non-hydrogen) atoms. The van der Waals surface area contributed by atoms with E-state index >= 15 is 0 Å². The van der Waals surface area contributed by atoms with Gasteiger partial charge in [-0.05, 0) is 24.3 Å². The first-order valence-electron chi connectivity index (χ1n) is 5.85. The first-order valence-corrected chi connectivity index (χ1v) is 6.23. The molecule has 0 aliphatic rings. The standard InChI is InChI=1S/C14H11ClN2O4/c1-21-9-2-3-10(14(19)20)11(7-9)17-13(18)8-4-5-16-12(15)6-8/h2-7H,1H3,(H,17,18)(H,19,20). The molecule has 6 nitrogen and oxygen atoms in total. The number of carbonyl (C=O) groups is 2. The van der Waals surface area contributed by atoms with Crippen molar-refractivity contribution in [3.63, 3.8) is 0 Å². The highest BCUT2D eigenvalue weighted by atomic mass is 35.5. The molecule has 0 radical (unpaired) electrons. The van der Waals surface area contributed by atoms with Crippen molar-refractivity contribution in [3.05, 3.63) is 52.8 Å². The number of hydrogen-bond acceptors (Lipinski definition) is 4. The zero-order valence-electron chi connectivity index (χ0n) is 11.0. The van der Waals surface area contributed by atoms with Crippen molar-refractivity contribution >= 4 is 29.2 Å². The summed E-state index contributed by atoms with van der Waals surface area (Å²) in [6, 6.07) is 7.15. The lowest BCUT2D eigenvalue weighted by atomic mass is 10.1. The molecule has 1 amide bonds. The van der Waals surface area contributed by atoms with Crippen LogP contribution in [0.15, 0.2) is 36.5 Å². The number of aromatic carboxylic acids is 1. The average Bonchev–Trinajstić information content (AvgIpc) is 2.46. The Morgan fingerprint density at radius 2 is 2.05 bits per heavy atom. The van der Waals surface area contributed by atoms with Crippen molar-refractivity contribution < 1.29 is 19.4 Å². The average molecular weight is 307 g/mol. The molecule has 0 aliphatic carbocycles. The number of carboxylic acids is 1. The Balaban J connectivity index is 2.33. The number of nitrogens with zero attached hydrogens (tertiary/aromatic N) is 1. The minimum absolute atomic E-state index is 0.0377. The lowest BCUT2D eigenvalue weighted by molar-refractivity contribution is 0.0698. The molecule has 0 atom stereocenters. The number of anilines is 1. The van der Waals surface area contributed by atoms with Gasteiger partial charge in [0.05, 0.1) is 18.4 Å². The second kappa shape index (κ2) is 6.23. The van der Waals surface area contributed by atoms with E-state index in [4.69, 9.17) is 21.4 Å². The molecular weight excluding hydrogens is 296 g/mol. The normalized spacial score (nSPS) is 10.0. The SMILES string of the molecule is COc1ccc(C(=O)O)c(NC(=O)c2ccnc(Cl)c2)c1. The number of rotatable bonds is 4. The van der Waals surface area contributed by atoms with Crippen LogP contribution in [-0.2, 0) is 0 Å². The molecule has 2 N–H and O–H groups in total. The largest absolute Gasteiger partial charge is 0.497 e. The second-order valence-corrected chi connectivity index (χ2v) is 4.43. The van der Waals surface area contributed by atoms with Crippen LogP contribution in [0.25, 0.3) is 0 Å². The smallest absolute Gasteiger partial charge is 0.337 e. The molecule has 1 heterocycles. The zero-order valence-corrected chi connectivity index (χ0v) is 11.7. The monoisotopic (exact) mass is 306 g/mol. The summed E-state index contributed by atoms with van der Waals surface area (Å²) in [6.07, 6.45) is 1.39. The van der Waals surface area contributed by atoms with E-state index in [1.54, 1.807) is 0 Å². The van der Waals surface area contributed by atoms with Gasteiger partial charge in [0, 0.05) is 17.8 Å². The summed E-state index contributed by atoms with van der Waals surface area (Å²) < 4.78 is 5.02. The Kier molecular flexibility index (Phi) is 4.39. The van der Waals surface area contributed by atoms with Crippen LogP contribution in [0.4, 0.5) is 5.69 Å². The lowest BCUT2D eigenvalue weighted by Gasteiger charge is -2.10. The summed E-state index contributed by atoms with van der Waals surface area (Å²) in [7, 11) is 1.45. The van der Waals surface area contributed by atoms with Crippen LogP contribution in [0.2, 0.25) is 5.15 Å². The van der Waals surface area contributed by atoms with Crippen LogP contribution < -0.4 is 10.1 Å². The van der Waals surface area contributed by atoms with E-state index in [-0.39, 0.29) is 22.0 Å². The van der Waals surface area contributed by atoms with Gasteiger partial charge in [-0.15, -0.1) is 0 Å². The fraction of sp³-hybridized carbons (Fsp3) is 0.0714. The molecule has 0 aliphatic heterocycles. The van der Waals surface area contributed by atoms with Crippen LogP contribution in [0.1, 0.15) is 20.7 Å². The molecule has 108 valence electrons. The highest BCUT2D eigenvalue weighted by molar-refractivity contribution is 6.29. The number of pyridine rings is 1. The third kappa shape index (κ3) is 3.49. The summed E-state index contributed by atoms with van der Waals surface area (Å²) in [5.41, 5.74) is 0.373. The van der Waals surface area contributed by atoms with Gasteiger partial charge < -0.3 is 15.2 Å². The van der Waals surface area contributed by atoms with E-state index in [9.17, 15) is 9.59 Å². The van der Waals surface area contributed by atoms with Crippen LogP contribution in [0.5, 0.6) is 5.75 Å². The van der Waals surface area contributed by atoms with Crippen molar-refractivity contribution in [1.29, 1.82) is 0 Å². The van der Waals surface area contributed by atoms with Gasteiger partial charge in [0.25, 0.3) is 5.91 Å². The summed E-state index contributed by atoms with van der Waals surface area (Å²) in [6.45, 7) is 0. The Labute approximate surface area is 125 Å². The van der Waals surface area contributed by atoms with E-state index in [0.29, 0.717) is 5.75 Å². The maximum Gasteiger partial charge on any atom is 0.337 e. The number of carboxylic acid groups (broad SMARTS) is 1. The van der Waals surface area contributed by atoms with Gasteiger partial charge in [-0.25, -0.2) is 9.78 Å². The fourth-order valence-corrected chi connectivity index (χ4v) is 1.85. The highest BCUT2D eigenvalue weighted by Crippen LogP contribution is 2.23. The van der Waals surface area contributed by atoms with Crippen molar-refractivity contribution in [2.45, 2.75) is 0 Å². The molecule has 0 fully saturated rings. The van der Waals surface area contributed by atoms with Gasteiger partial charge in [0.1, 0.15) is 10.9 Å². The second-order valence-electron chi connectivity index (χ2n) is 4.04. The summed E-state index contributed by atoms with van der Waals surface area (Å²) >= 11 is 5.72. The van der Waals surface area contributed by atoms with Gasteiger partial charge in [-0.1, -0.05) is 11.6 Å². The number of methoxy groups -OCH3 is 1. The predicted molar refractivity (Wildman–Crippen MR) is 77.2 cm³/mol. The van der Waals surface area contributed by atoms with Gasteiger partial charge >= 0.3 is 5.97 Å². The number of amides is 1. The molecule has 2 rings (SSSR count). The Hall–Kier alpha value is -2.60. The minimum Gasteiger partial charge on any atom is -0.497 e. The van der Waals surface area contributed by atoms with E-state index < -0.39 is 11.9 Å². The van der Waals surface area contributed by atoms with Crippen molar-refractivity contribution in [2.75, 3.05) is 12.4 Å². The number of aromatic nitrogens is 1. The fourth-order valence-electron chi connectivity index (χ4n) is 1.68. The molecule has 0 spiro atoms. The summed E-state index contributed by atoms with van der Waals surface area (Å²) in [5, 5.41) is 11.8. The minimum atomic E-state index is -1.15. The van der Waals surface area contributed by atoms with E-state index in [0.717, 1.165) is 0 Å². The van der Waals surface area contributed by atoms with Crippen LogP contribution in [0, 0.1) is 0 Å². The predicted octanol–water partition coefficient (Wildman–Crippen LogP) is 2.69. The molecule has 0 unspecified atom stereocenters. The number of ether oxygens (including phenoxy) is 1. The Bertz CT molecular complexity index is 703. The number of halogens is 1. The van der Waals surface area contributed by atoms with Crippen LogP contribution in [0.3, 0.4) is 0 Å². The molecule has 0 saturated heterocycles. The maximum atomic E-state index is 12.1. The summed E-state index contributed by atoms with van der Waals surface area (Å²) in [4.78, 5) is 27.1. The molecule has 2 aromatic rings. The zero-order chi connectivity index (χ0) is 15.4. The van der Waals surface area contributed by atoms with Gasteiger partial charge in [-0.3, -0.25) is 4.79 Å². The maximum absolute atomic E-state index is 12.1. The van der Waals surface area contributed by atoms with E-state index in [2.05, 4.69) is 10.3 Å². The van der Waals surface area contributed by atoms with E-state index in [1.807, 2.05) is 0 Å². The van der Waals surface area contributed by atoms with Gasteiger partial charge in [-0.2, -0.15) is 0 Å². The summed E-state index contributed by atoms with van der Waals surface area (Å²) in [5.74, 6) is -1.21. The van der Waals surface area contributed by atoms with Crippen molar-refractivity contribution in [2.24, 2.45) is 0 Å². The Morgan fingerprint density at radius 3 is 2.67 bits per heavy atom. The number of benzene rings is 1. The number of carbonyl (C=O) groups excluding carboxylic acids is 1. The van der Waals surface area contributed by atoms with Crippen LogP contribution >= 0.6 is 11.6 Å². The van der Waals surface area contributed by atoms with E-state index in [1.165, 1.54) is 43.6 Å². The molecule has 0 bridgehead atoms. The van der Waals surface area contributed by atoms with Gasteiger partial charge in [0.15, 0.2) is 0 Å². The van der Waals surface area contributed by atoms with Crippen LogP contribution in [-0.4, -0.2) is 29.1 Å². The third-order valence-corrected chi connectivity index (χ3v) is 2.90. The molecular formula is C14H11ClN2O4. The van der Waals surface area contributed by atoms with Crippen molar-refractivity contribution in [1.82, 2.24) is 4.98 Å². The van der Waals surface area contributed by atoms with Gasteiger partial charge in [0.2, 0.25) is 0 Å². The molecule has 1 aromatic heterocycles. The topological polar surface area (TPSA) is 88.5 Å². The lowest BCUT2D eigenvalue weighted by Crippen LogP contribution is -2.15. The molecule has 1 aromatic carbocycles. The first kappa shape index (κ1) is 14.8. The third-order valence-electron chi connectivity index (χ3n) is 2.69.